The minimum atomic E-state index is -6.00. The Morgan fingerprint density at radius 3 is 0.548 bits per heavy atom. The van der Waals surface area contributed by atoms with Crippen LogP contribution < -0.4 is 0 Å². The predicted molar refractivity (Wildman–Crippen MR) is 182 cm³/mol. The molecule has 0 unspecified atom stereocenters. The molecule has 13 nitrogen and oxygen atoms in total. The second-order valence-corrected chi connectivity index (χ2v) is 25.8. The summed E-state index contributed by atoms with van der Waals surface area (Å²) in [5.74, 6) is 0. The van der Waals surface area contributed by atoms with Crippen LogP contribution in [0.25, 0.3) is 0 Å². The van der Waals surface area contributed by atoms with Gasteiger partial charge in [-0.05, 0) is 140 Å². The van der Waals surface area contributed by atoms with Gasteiger partial charge in [-0.3, -0.25) is 0 Å². The third kappa shape index (κ3) is 10.3. The molecule has 0 saturated heterocycles. The van der Waals surface area contributed by atoms with E-state index in [2.05, 4.69) is 188 Å². The van der Waals surface area contributed by atoms with Crippen LogP contribution in [0, 0.1) is 0 Å². The molecule has 0 bridgehead atoms. The van der Waals surface area contributed by atoms with Crippen molar-refractivity contribution in [3.05, 3.63) is 0 Å². The van der Waals surface area contributed by atoms with E-state index in [-0.39, 0.29) is 0 Å². The van der Waals surface area contributed by atoms with Crippen molar-refractivity contribution >= 4 is 37.6 Å². The van der Waals surface area contributed by atoms with E-state index in [0.717, 1.165) is 0 Å². The fourth-order valence-electron chi connectivity index (χ4n) is 4.72. The third-order valence-electron chi connectivity index (χ3n) is 6.09. The zero-order valence-electron chi connectivity index (χ0n) is 29.7. The fraction of sp³-hybridized carbons (Fsp3) is 1.00. The Bertz CT molecular complexity index is 802. The first-order valence-electron chi connectivity index (χ1n) is 13.0. The Hall–Kier alpha value is 0.505. The number of halogens is 4. The molecule has 0 aromatic heterocycles. The molecule has 0 fully saturated rings. The maximum Gasteiger partial charge on any atom is 0.673 e. The normalized spacial score (nSPS) is 14.4. The van der Waals surface area contributed by atoms with E-state index in [1.54, 1.807) is 0 Å². The fourth-order valence-corrected chi connectivity index (χ4v) is 24.1. The topological polar surface area (TPSA) is 69.5 Å². The Morgan fingerprint density at radius 2 is 0.476 bits per heavy atom. The smallest absolute Gasteiger partial charge is 0.418 e. The summed E-state index contributed by atoms with van der Waals surface area (Å²) < 4.78 is 79.1. The molecular formula is C20H60BF4N13P4. The molecule has 0 aromatic carbocycles. The van der Waals surface area contributed by atoms with Gasteiger partial charge in [-0.1, -0.05) is 0 Å². The molecule has 256 valence electrons. The number of nitrogens with zero attached hydrogens (tertiary/aromatic N) is 13. The van der Waals surface area contributed by atoms with E-state index in [1.165, 1.54) is 0 Å². The van der Waals surface area contributed by atoms with Gasteiger partial charge < -0.3 is 17.3 Å². The highest BCUT2D eigenvalue weighted by Crippen LogP contribution is 2.83. The van der Waals surface area contributed by atoms with Gasteiger partial charge in [0, 0.05) is 14.1 Å². The third-order valence-corrected chi connectivity index (χ3v) is 22.6. The van der Waals surface area contributed by atoms with Crippen molar-refractivity contribution in [2.75, 3.05) is 141 Å². The van der Waals surface area contributed by atoms with E-state index in [1.807, 2.05) is 0 Å². The quantitative estimate of drug-likeness (QED) is 0.142. The molecule has 22 heteroatoms. The van der Waals surface area contributed by atoms with Crippen molar-refractivity contribution < 1.29 is 17.3 Å². The van der Waals surface area contributed by atoms with Crippen LogP contribution in [0.4, 0.5) is 17.3 Å². The van der Waals surface area contributed by atoms with Gasteiger partial charge in [0.05, 0.1) is 0 Å². The molecule has 0 rings (SSSR count). The van der Waals surface area contributed by atoms with Gasteiger partial charge in [0.15, 0.2) is 0 Å². The van der Waals surface area contributed by atoms with Crippen LogP contribution >= 0.6 is 30.4 Å². The van der Waals surface area contributed by atoms with E-state index >= 15 is 0 Å². The Balaban J connectivity index is 0. The molecule has 0 aromatic rings. The number of rotatable bonds is 13. The summed E-state index contributed by atoms with van der Waals surface area (Å²) in [4.78, 5) is 0. The standard InChI is InChI=1S/C20H60N13P4.BF4/c1-24(2)34(21-35(25(3)4,26(5)6)27(7)8,22-36(28(9)10,29(11)12)30(13)14)23-37(31(15)16,32(17)18)33(19)20;2-1(3,4)5/h1-20H3;/q+1;-1. The van der Waals surface area contributed by atoms with Crippen LogP contribution in [0.2, 0.25) is 0 Å². The van der Waals surface area contributed by atoms with Gasteiger partial charge in [-0.2, -0.15) is 0 Å². The SMILES string of the molecule is CN(C)P(=N[P+](N=P(N(C)C)(N(C)C)N(C)C)(N=P(N(C)C)(N(C)C)N(C)C)N(C)C)(N(C)C)N(C)C.F[B-](F)(F)F. The lowest BCUT2D eigenvalue weighted by Crippen LogP contribution is -2.33. The summed E-state index contributed by atoms with van der Waals surface area (Å²) in [6.45, 7) is 0. The second-order valence-electron chi connectivity index (χ2n) is 11.4. The molecule has 0 atom stereocenters. The van der Waals surface area contributed by atoms with Crippen LogP contribution in [0.3, 0.4) is 0 Å². The summed E-state index contributed by atoms with van der Waals surface area (Å²) in [5.41, 5.74) is 0. The summed E-state index contributed by atoms with van der Waals surface area (Å²) >= 11 is 0. The van der Waals surface area contributed by atoms with E-state index in [4.69, 9.17) is 13.5 Å². The molecule has 0 aliphatic heterocycles. The zero-order valence-corrected chi connectivity index (χ0v) is 33.3. The highest BCUT2D eigenvalue weighted by atomic mass is 31.3. The first kappa shape index (κ1) is 44.6. The van der Waals surface area contributed by atoms with E-state index in [0.29, 0.717) is 0 Å². The molecule has 0 amide bonds. The molecule has 0 aliphatic rings. The number of hydrogen-bond acceptors (Lipinski definition) is 4. The lowest BCUT2D eigenvalue weighted by Gasteiger charge is -2.44. The van der Waals surface area contributed by atoms with Crippen molar-refractivity contribution in [2.24, 2.45) is 13.5 Å². The molecule has 0 spiro atoms. The Labute approximate surface area is 256 Å². The first-order valence-corrected chi connectivity index (χ1v) is 19.4. The highest BCUT2D eigenvalue weighted by molar-refractivity contribution is 7.84. The van der Waals surface area contributed by atoms with Crippen molar-refractivity contribution in [3.8, 4) is 0 Å². The Morgan fingerprint density at radius 1 is 0.357 bits per heavy atom. The molecule has 0 N–H and O–H groups in total. The zero-order chi connectivity index (χ0) is 34.4. The minimum Gasteiger partial charge on any atom is -0.418 e. The van der Waals surface area contributed by atoms with E-state index < -0.39 is 37.6 Å². The van der Waals surface area contributed by atoms with Crippen LogP contribution in [0.15, 0.2) is 13.5 Å². The van der Waals surface area contributed by atoms with Gasteiger partial charge in [-0.25, -0.2) is 42.0 Å². The van der Waals surface area contributed by atoms with Gasteiger partial charge in [-0.15, -0.1) is 4.67 Å². The Kier molecular flexibility index (Phi) is 17.9. The molecule has 0 heterocycles. The molecular weight excluding hydrogens is 633 g/mol. The molecule has 42 heavy (non-hydrogen) atoms. The van der Waals surface area contributed by atoms with Crippen LogP contribution in [-0.2, 0) is 0 Å². The maximum absolute atomic E-state index is 9.75. The van der Waals surface area contributed by atoms with Crippen molar-refractivity contribution in [1.29, 1.82) is 0 Å². The maximum atomic E-state index is 9.75. The molecule has 0 radical (unpaired) electrons. The predicted octanol–water partition coefficient (Wildman–Crippen LogP) is 5.42. The lowest BCUT2D eigenvalue weighted by atomic mass is 10.3. The van der Waals surface area contributed by atoms with Gasteiger partial charge >= 0.3 is 15.1 Å². The second kappa shape index (κ2) is 16.9. The highest BCUT2D eigenvalue weighted by Gasteiger charge is 2.55. The van der Waals surface area contributed by atoms with Gasteiger partial charge in [0.1, 0.15) is 0 Å². The van der Waals surface area contributed by atoms with Crippen molar-refractivity contribution in [2.45, 2.75) is 0 Å². The van der Waals surface area contributed by atoms with Crippen molar-refractivity contribution in [3.63, 3.8) is 0 Å². The lowest BCUT2D eigenvalue weighted by molar-refractivity contribution is 0.368. The summed E-state index contributed by atoms with van der Waals surface area (Å²) in [6, 6.07) is 0. The number of hydrogen-bond donors (Lipinski definition) is 0. The summed E-state index contributed by atoms with van der Waals surface area (Å²) in [5, 5.41) is 0. The first-order chi connectivity index (χ1) is 18.6. The van der Waals surface area contributed by atoms with Gasteiger partial charge in [0.25, 0.3) is 0 Å². The molecule has 0 aliphatic carbocycles. The van der Waals surface area contributed by atoms with Crippen LogP contribution in [0.5, 0.6) is 0 Å². The monoisotopic (exact) mass is 693 g/mol. The minimum absolute atomic E-state index is 2.09. The van der Waals surface area contributed by atoms with Crippen LogP contribution in [-0.4, -0.2) is 195 Å². The van der Waals surface area contributed by atoms with Crippen LogP contribution in [0.1, 0.15) is 0 Å². The summed E-state index contributed by atoms with van der Waals surface area (Å²) in [7, 11) is 26.1. The van der Waals surface area contributed by atoms with Gasteiger partial charge in [0.2, 0.25) is 22.5 Å². The van der Waals surface area contributed by atoms with Crippen molar-refractivity contribution in [1.82, 2.24) is 46.7 Å². The molecule has 0 saturated carbocycles. The van der Waals surface area contributed by atoms with E-state index in [9.17, 15) is 17.3 Å². The average molecular weight is 693 g/mol. The largest absolute Gasteiger partial charge is 0.673 e. The average Bonchev–Trinajstić information content (AvgIpc) is 2.75. The summed E-state index contributed by atoms with van der Waals surface area (Å²) in [6.07, 6.45) is 0.